The summed E-state index contributed by atoms with van der Waals surface area (Å²) >= 11 is 0. The molecule has 0 bridgehead atoms. The van der Waals surface area contributed by atoms with Crippen LogP contribution in [0.1, 0.15) is 18.4 Å². The molecule has 1 amide bonds. The summed E-state index contributed by atoms with van der Waals surface area (Å²) in [6, 6.07) is 5.03. The average molecular weight is 347 g/mol. The molecule has 0 radical (unpaired) electrons. The molecule has 0 aliphatic carbocycles. The molecule has 0 aromatic heterocycles. The van der Waals surface area contributed by atoms with Gasteiger partial charge in [0.25, 0.3) is 5.91 Å². The minimum absolute atomic E-state index is 0.0931. The second-order valence-electron chi connectivity index (χ2n) is 6.16. The Morgan fingerprint density at radius 3 is 2.84 bits per heavy atom. The summed E-state index contributed by atoms with van der Waals surface area (Å²) in [5, 5.41) is 9.10. The summed E-state index contributed by atoms with van der Waals surface area (Å²) in [7, 11) is 3.15. The highest BCUT2D eigenvalue weighted by atomic mass is 16.5. The number of aliphatic carboxylic acids is 1. The van der Waals surface area contributed by atoms with Crippen LogP contribution in [0.3, 0.4) is 0 Å². The SMILES string of the molecule is COc1ccc2c(c1)C=C(C(=O)N1CC(OC)CC1CC(=O)O)CO2. The molecule has 7 nitrogen and oxygen atoms in total. The maximum atomic E-state index is 12.9. The van der Waals surface area contributed by atoms with Crippen molar-refractivity contribution in [2.24, 2.45) is 0 Å². The molecule has 25 heavy (non-hydrogen) atoms. The lowest BCUT2D eigenvalue weighted by Gasteiger charge is -2.26. The first kappa shape index (κ1) is 17.3. The molecule has 2 aliphatic heterocycles. The van der Waals surface area contributed by atoms with Crippen molar-refractivity contribution in [3.05, 3.63) is 29.3 Å². The van der Waals surface area contributed by atoms with Crippen molar-refractivity contribution < 1.29 is 28.9 Å². The van der Waals surface area contributed by atoms with E-state index in [-0.39, 0.29) is 31.1 Å². The highest BCUT2D eigenvalue weighted by Gasteiger charge is 2.38. The zero-order valence-electron chi connectivity index (χ0n) is 14.2. The van der Waals surface area contributed by atoms with E-state index in [1.54, 1.807) is 43.4 Å². The Morgan fingerprint density at radius 1 is 1.36 bits per heavy atom. The van der Waals surface area contributed by atoms with Gasteiger partial charge in [0.2, 0.25) is 0 Å². The number of fused-ring (bicyclic) bond motifs is 1. The number of carboxylic acids is 1. The molecule has 3 rings (SSSR count). The number of likely N-dealkylation sites (tertiary alicyclic amines) is 1. The molecule has 1 fully saturated rings. The molecule has 0 spiro atoms. The van der Waals surface area contributed by atoms with Gasteiger partial charge in [0.05, 0.1) is 25.2 Å². The van der Waals surface area contributed by atoms with Crippen molar-refractivity contribution >= 4 is 18.0 Å². The Hall–Kier alpha value is -2.54. The van der Waals surface area contributed by atoms with Crippen LogP contribution in [0.15, 0.2) is 23.8 Å². The molecule has 2 unspecified atom stereocenters. The van der Waals surface area contributed by atoms with Crippen molar-refractivity contribution in [3.8, 4) is 11.5 Å². The molecule has 134 valence electrons. The van der Waals surface area contributed by atoms with Crippen molar-refractivity contribution in [1.82, 2.24) is 4.90 Å². The lowest BCUT2D eigenvalue weighted by molar-refractivity contribution is -0.139. The zero-order valence-corrected chi connectivity index (χ0v) is 14.2. The molecule has 7 heteroatoms. The maximum Gasteiger partial charge on any atom is 0.305 e. The summed E-state index contributed by atoms with van der Waals surface area (Å²) in [5.74, 6) is 0.232. The summed E-state index contributed by atoms with van der Waals surface area (Å²) in [6.45, 7) is 0.543. The van der Waals surface area contributed by atoms with Crippen LogP contribution in [0, 0.1) is 0 Å². The van der Waals surface area contributed by atoms with E-state index in [0.717, 1.165) is 5.56 Å². The molecule has 1 aromatic carbocycles. The van der Waals surface area contributed by atoms with Crippen LogP contribution in [0.4, 0.5) is 0 Å². The summed E-state index contributed by atoms with van der Waals surface area (Å²) < 4.78 is 16.2. The Bertz CT molecular complexity index is 714. The maximum absolute atomic E-state index is 12.9. The molecule has 2 aliphatic rings. The van der Waals surface area contributed by atoms with Crippen LogP contribution in [-0.2, 0) is 14.3 Å². The summed E-state index contributed by atoms with van der Waals surface area (Å²) in [4.78, 5) is 25.6. The number of hydrogen-bond acceptors (Lipinski definition) is 5. The summed E-state index contributed by atoms with van der Waals surface area (Å²) in [5.41, 5.74) is 1.26. The molecule has 2 heterocycles. The molecule has 1 N–H and O–H groups in total. The molecular weight excluding hydrogens is 326 g/mol. The van der Waals surface area contributed by atoms with Gasteiger partial charge in [-0.2, -0.15) is 0 Å². The first-order valence-corrected chi connectivity index (χ1v) is 8.08. The van der Waals surface area contributed by atoms with E-state index in [4.69, 9.17) is 19.3 Å². The number of carboxylic acid groups (broad SMARTS) is 1. The fourth-order valence-electron chi connectivity index (χ4n) is 3.28. The highest BCUT2D eigenvalue weighted by Crippen LogP contribution is 2.32. The number of benzene rings is 1. The minimum atomic E-state index is -0.927. The molecule has 0 saturated carbocycles. The number of amides is 1. The minimum Gasteiger partial charge on any atom is -0.497 e. The van der Waals surface area contributed by atoms with Gasteiger partial charge in [-0.05, 0) is 30.7 Å². The van der Waals surface area contributed by atoms with E-state index in [9.17, 15) is 9.59 Å². The van der Waals surface area contributed by atoms with Crippen LogP contribution in [-0.4, -0.2) is 61.4 Å². The number of carbonyl (C=O) groups is 2. The normalized spacial score (nSPS) is 22.0. The van der Waals surface area contributed by atoms with Gasteiger partial charge in [0.1, 0.15) is 18.1 Å². The van der Waals surface area contributed by atoms with Crippen molar-refractivity contribution in [1.29, 1.82) is 0 Å². The van der Waals surface area contributed by atoms with Crippen LogP contribution in [0.25, 0.3) is 6.08 Å². The van der Waals surface area contributed by atoms with E-state index < -0.39 is 5.97 Å². The highest BCUT2D eigenvalue weighted by molar-refractivity contribution is 5.99. The average Bonchev–Trinajstić information content (AvgIpc) is 3.02. The van der Waals surface area contributed by atoms with E-state index >= 15 is 0 Å². The lowest BCUT2D eigenvalue weighted by atomic mass is 10.1. The standard InChI is InChI=1S/C18H21NO6/c1-23-14-3-4-16-11(6-14)5-12(10-25-16)18(22)19-9-15(24-2)7-13(19)8-17(20)21/h3-6,13,15H,7-10H2,1-2H3,(H,20,21). The fraction of sp³-hybridized carbons (Fsp3) is 0.444. The molecule has 1 aromatic rings. The van der Waals surface area contributed by atoms with Gasteiger partial charge in [-0.3, -0.25) is 9.59 Å². The number of ether oxygens (including phenoxy) is 3. The predicted molar refractivity (Wildman–Crippen MR) is 89.6 cm³/mol. The van der Waals surface area contributed by atoms with E-state index in [1.165, 1.54) is 0 Å². The van der Waals surface area contributed by atoms with Crippen LogP contribution in [0.5, 0.6) is 11.5 Å². The largest absolute Gasteiger partial charge is 0.497 e. The van der Waals surface area contributed by atoms with Gasteiger partial charge in [-0.1, -0.05) is 0 Å². The molecular formula is C18H21NO6. The fourth-order valence-corrected chi connectivity index (χ4v) is 3.28. The van der Waals surface area contributed by atoms with Crippen molar-refractivity contribution in [3.63, 3.8) is 0 Å². The first-order chi connectivity index (χ1) is 12.0. The second-order valence-corrected chi connectivity index (χ2v) is 6.16. The van der Waals surface area contributed by atoms with Gasteiger partial charge in [-0.25, -0.2) is 0 Å². The van der Waals surface area contributed by atoms with Crippen LogP contribution >= 0.6 is 0 Å². The number of methoxy groups -OCH3 is 2. The Kier molecular flexibility index (Phi) is 4.94. The monoisotopic (exact) mass is 347 g/mol. The number of carbonyl (C=O) groups excluding carboxylic acids is 1. The number of hydrogen-bond donors (Lipinski definition) is 1. The molecule has 1 saturated heterocycles. The zero-order chi connectivity index (χ0) is 18.0. The Labute approximate surface area is 145 Å². The Balaban J connectivity index is 1.83. The second kappa shape index (κ2) is 7.14. The van der Waals surface area contributed by atoms with E-state index in [2.05, 4.69) is 0 Å². The van der Waals surface area contributed by atoms with E-state index in [1.807, 2.05) is 0 Å². The lowest BCUT2D eigenvalue weighted by Crippen LogP contribution is -2.39. The summed E-state index contributed by atoms with van der Waals surface area (Å²) in [6.07, 6.45) is 2.06. The first-order valence-electron chi connectivity index (χ1n) is 8.08. The van der Waals surface area contributed by atoms with Gasteiger partial charge in [-0.15, -0.1) is 0 Å². The number of rotatable bonds is 5. The van der Waals surface area contributed by atoms with Gasteiger partial charge in [0.15, 0.2) is 0 Å². The third-order valence-electron chi connectivity index (χ3n) is 4.59. The molecule has 2 atom stereocenters. The van der Waals surface area contributed by atoms with Crippen molar-refractivity contribution in [2.75, 3.05) is 27.4 Å². The van der Waals surface area contributed by atoms with Gasteiger partial charge >= 0.3 is 5.97 Å². The van der Waals surface area contributed by atoms with Gasteiger partial charge < -0.3 is 24.2 Å². The Morgan fingerprint density at radius 2 is 2.16 bits per heavy atom. The third kappa shape index (κ3) is 3.61. The topological polar surface area (TPSA) is 85.3 Å². The van der Waals surface area contributed by atoms with Gasteiger partial charge in [0, 0.05) is 25.3 Å². The van der Waals surface area contributed by atoms with E-state index in [0.29, 0.717) is 30.0 Å². The quantitative estimate of drug-likeness (QED) is 0.870. The third-order valence-corrected chi connectivity index (χ3v) is 4.59. The van der Waals surface area contributed by atoms with Crippen molar-refractivity contribution in [2.45, 2.75) is 25.0 Å². The predicted octanol–water partition coefficient (Wildman–Crippen LogP) is 1.56. The smallest absolute Gasteiger partial charge is 0.305 e. The van der Waals surface area contributed by atoms with Crippen LogP contribution in [0.2, 0.25) is 0 Å². The number of nitrogens with zero attached hydrogens (tertiary/aromatic N) is 1. The van der Waals surface area contributed by atoms with Crippen LogP contribution < -0.4 is 9.47 Å².